The molecule has 3 rings (SSSR count). The number of aryl methyl sites for hydroxylation is 1. The maximum absolute atomic E-state index is 12.9. The Bertz CT molecular complexity index is 874. The summed E-state index contributed by atoms with van der Waals surface area (Å²) in [5.74, 6) is -0.304. The van der Waals surface area contributed by atoms with Crippen LogP contribution in [-0.4, -0.2) is 44.7 Å². The van der Waals surface area contributed by atoms with Gasteiger partial charge < -0.3 is 20.3 Å². The van der Waals surface area contributed by atoms with Gasteiger partial charge in [0, 0.05) is 49.8 Å². The van der Waals surface area contributed by atoms with E-state index in [9.17, 15) is 9.59 Å². The number of benzene rings is 2. The number of nitrogens with one attached hydrogen (secondary N) is 2. The molecule has 6 nitrogen and oxygen atoms in total. The molecule has 2 amide bonds. The van der Waals surface area contributed by atoms with Crippen LogP contribution in [0.25, 0.3) is 0 Å². The third-order valence-corrected chi connectivity index (χ3v) is 5.53. The van der Waals surface area contributed by atoms with Crippen LogP contribution in [0.1, 0.15) is 59.4 Å². The second-order valence-corrected chi connectivity index (χ2v) is 7.74. The minimum atomic E-state index is -0.181. The first-order valence-electron chi connectivity index (χ1n) is 11.3. The molecule has 2 aromatic rings. The summed E-state index contributed by atoms with van der Waals surface area (Å²) in [6.45, 7) is 7.79. The van der Waals surface area contributed by atoms with Gasteiger partial charge in [-0.25, -0.2) is 0 Å². The first kappa shape index (κ1) is 22.8. The van der Waals surface area contributed by atoms with Gasteiger partial charge in [0.2, 0.25) is 0 Å². The molecular formula is C25H33N3O3. The van der Waals surface area contributed by atoms with Crippen molar-refractivity contribution in [1.82, 2.24) is 5.32 Å². The Morgan fingerprint density at radius 1 is 1.00 bits per heavy atom. The van der Waals surface area contributed by atoms with Gasteiger partial charge in [-0.15, -0.1) is 0 Å². The molecule has 0 spiro atoms. The number of anilines is 2. The van der Waals surface area contributed by atoms with Crippen LogP contribution in [0.5, 0.6) is 0 Å². The van der Waals surface area contributed by atoms with Gasteiger partial charge in [-0.2, -0.15) is 0 Å². The van der Waals surface area contributed by atoms with E-state index in [2.05, 4.69) is 22.5 Å². The molecule has 0 saturated carbocycles. The van der Waals surface area contributed by atoms with Gasteiger partial charge in [0.1, 0.15) is 0 Å². The molecule has 1 aliphatic rings. The predicted octanol–water partition coefficient (Wildman–Crippen LogP) is 4.26. The molecule has 1 fully saturated rings. The van der Waals surface area contributed by atoms with Crippen molar-refractivity contribution < 1.29 is 14.3 Å². The first-order valence-corrected chi connectivity index (χ1v) is 11.3. The normalized spacial score (nSPS) is 13.3. The van der Waals surface area contributed by atoms with E-state index < -0.39 is 0 Å². The Balaban J connectivity index is 1.74. The topological polar surface area (TPSA) is 70.7 Å². The van der Waals surface area contributed by atoms with Gasteiger partial charge in [-0.05, 0) is 68.5 Å². The molecule has 0 aliphatic carbocycles. The molecule has 2 N–H and O–H groups in total. The van der Waals surface area contributed by atoms with E-state index in [1.54, 1.807) is 6.07 Å². The predicted molar refractivity (Wildman–Crippen MR) is 125 cm³/mol. The van der Waals surface area contributed by atoms with Crippen molar-refractivity contribution in [2.75, 3.05) is 43.1 Å². The van der Waals surface area contributed by atoms with Gasteiger partial charge >= 0.3 is 0 Å². The van der Waals surface area contributed by atoms with Crippen molar-refractivity contribution in [3.63, 3.8) is 0 Å². The lowest BCUT2D eigenvalue weighted by atomic mass is 10.1. The zero-order valence-corrected chi connectivity index (χ0v) is 18.6. The molecule has 0 radical (unpaired) electrons. The van der Waals surface area contributed by atoms with E-state index in [0.717, 1.165) is 44.5 Å². The van der Waals surface area contributed by atoms with Crippen LogP contribution >= 0.6 is 0 Å². The number of amides is 2. The molecule has 1 aliphatic heterocycles. The molecular weight excluding hydrogens is 390 g/mol. The molecule has 2 aromatic carbocycles. The first-order chi connectivity index (χ1) is 15.1. The highest BCUT2D eigenvalue weighted by atomic mass is 16.5. The summed E-state index contributed by atoms with van der Waals surface area (Å²) in [6.07, 6.45) is 3.95. The van der Waals surface area contributed by atoms with E-state index in [4.69, 9.17) is 4.74 Å². The fourth-order valence-electron chi connectivity index (χ4n) is 3.74. The molecule has 0 aromatic heterocycles. The van der Waals surface area contributed by atoms with Crippen molar-refractivity contribution >= 4 is 23.2 Å². The van der Waals surface area contributed by atoms with Gasteiger partial charge in [0.25, 0.3) is 11.8 Å². The third-order valence-electron chi connectivity index (χ3n) is 5.53. The van der Waals surface area contributed by atoms with Gasteiger partial charge in [-0.1, -0.05) is 19.1 Å². The lowest BCUT2D eigenvalue weighted by Gasteiger charge is -2.22. The highest BCUT2D eigenvalue weighted by molar-refractivity contribution is 6.06. The van der Waals surface area contributed by atoms with Crippen molar-refractivity contribution in [3.05, 3.63) is 59.2 Å². The van der Waals surface area contributed by atoms with Gasteiger partial charge in [-0.3, -0.25) is 9.59 Å². The lowest BCUT2D eigenvalue weighted by Crippen LogP contribution is -2.29. The lowest BCUT2D eigenvalue weighted by molar-refractivity contribution is 0.0943. The maximum Gasteiger partial charge on any atom is 0.255 e. The molecule has 0 unspecified atom stereocenters. The van der Waals surface area contributed by atoms with E-state index in [0.29, 0.717) is 36.6 Å². The zero-order valence-electron chi connectivity index (χ0n) is 18.6. The smallest absolute Gasteiger partial charge is 0.255 e. The summed E-state index contributed by atoms with van der Waals surface area (Å²) in [5, 5.41) is 5.92. The van der Waals surface area contributed by atoms with E-state index >= 15 is 0 Å². The van der Waals surface area contributed by atoms with Crippen LogP contribution in [0.2, 0.25) is 0 Å². The summed E-state index contributed by atoms with van der Waals surface area (Å²) >= 11 is 0. The summed E-state index contributed by atoms with van der Waals surface area (Å²) in [5.41, 5.74) is 3.92. The molecule has 1 heterocycles. The van der Waals surface area contributed by atoms with Crippen molar-refractivity contribution in [1.29, 1.82) is 0 Å². The summed E-state index contributed by atoms with van der Waals surface area (Å²) in [7, 11) is 0. The fraction of sp³-hybridized carbons (Fsp3) is 0.440. The Morgan fingerprint density at radius 2 is 1.74 bits per heavy atom. The Morgan fingerprint density at radius 3 is 2.42 bits per heavy atom. The van der Waals surface area contributed by atoms with E-state index in [1.165, 1.54) is 5.56 Å². The van der Waals surface area contributed by atoms with Crippen LogP contribution in [0.3, 0.4) is 0 Å². The maximum atomic E-state index is 12.9. The third kappa shape index (κ3) is 6.31. The highest BCUT2D eigenvalue weighted by Gasteiger charge is 2.20. The van der Waals surface area contributed by atoms with E-state index in [-0.39, 0.29) is 11.8 Å². The second kappa shape index (κ2) is 11.5. The average Bonchev–Trinajstić information content (AvgIpc) is 3.33. The Labute approximate surface area is 185 Å². The number of hydrogen-bond acceptors (Lipinski definition) is 4. The largest absolute Gasteiger partial charge is 0.382 e. The number of carbonyl (C=O) groups excluding carboxylic acids is 2. The Kier molecular flexibility index (Phi) is 8.47. The van der Waals surface area contributed by atoms with Crippen LogP contribution in [-0.2, 0) is 11.2 Å². The fourth-order valence-corrected chi connectivity index (χ4v) is 3.74. The van der Waals surface area contributed by atoms with Crippen molar-refractivity contribution in [3.8, 4) is 0 Å². The van der Waals surface area contributed by atoms with Crippen molar-refractivity contribution in [2.45, 2.75) is 39.5 Å². The number of ether oxygens (including phenoxy) is 1. The summed E-state index contributed by atoms with van der Waals surface area (Å²) < 4.78 is 5.34. The number of nitrogens with zero attached hydrogens (tertiary/aromatic N) is 1. The second-order valence-electron chi connectivity index (χ2n) is 7.74. The van der Waals surface area contributed by atoms with Gasteiger partial charge in [0.15, 0.2) is 0 Å². The Hall–Kier alpha value is -2.86. The number of carbonyl (C=O) groups is 2. The van der Waals surface area contributed by atoms with Crippen LogP contribution < -0.4 is 15.5 Å². The number of rotatable bonds is 10. The monoisotopic (exact) mass is 423 g/mol. The quantitative estimate of drug-likeness (QED) is 0.560. The SMILES string of the molecule is CCOCCCNC(=O)c1cc(NC(=O)c2ccc(CC)cc2)ccc1N1CCCC1. The highest BCUT2D eigenvalue weighted by Crippen LogP contribution is 2.28. The molecule has 0 atom stereocenters. The van der Waals surface area contributed by atoms with Crippen LogP contribution in [0, 0.1) is 0 Å². The van der Waals surface area contributed by atoms with Crippen LogP contribution in [0.15, 0.2) is 42.5 Å². The molecule has 0 bridgehead atoms. The minimum Gasteiger partial charge on any atom is -0.382 e. The molecule has 6 heteroatoms. The molecule has 1 saturated heterocycles. The summed E-state index contributed by atoms with van der Waals surface area (Å²) in [6, 6.07) is 13.2. The standard InChI is InChI=1S/C25H33N3O3/c1-3-19-8-10-20(11-9-19)24(29)27-21-12-13-23(28-15-5-6-16-28)22(18-21)25(30)26-14-7-17-31-4-2/h8-13,18H,3-7,14-17H2,1-2H3,(H,26,30)(H,27,29). The molecule has 31 heavy (non-hydrogen) atoms. The van der Waals surface area contributed by atoms with Crippen LogP contribution in [0.4, 0.5) is 11.4 Å². The number of hydrogen-bond donors (Lipinski definition) is 2. The van der Waals surface area contributed by atoms with E-state index in [1.807, 2.05) is 43.3 Å². The minimum absolute atomic E-state index is 0.123. The average molecular weight is 424 g/mol. The zero-order chi connectivity index (χ0) is 22.1. The van der Waals surface area contributed by atoms with Gasteiger partial charge in [0.05, 0.1) is 5.56 Å². The molecule has 166 valence electrons. The summed E-state index contributed by atoms with van der Waals surface area (Å²) in [4.78, 5) is 27.9. The van der Waals surface area contributed by atoms with Crippen molar-refractivity contribution in [2.24, 2.45) is 0 Å².